The van der Waals surface area contributed by atoms with Crippen molar-refractivity contribution in [3.8, 4) is 17.5 Å². The molecule has 2 heterocycles. The molecule has 2 N–H and O–H groups in total. The Hall–Kier alpha value is -3.64. The van der Waals surface area contributed by atoms with E-state index in [0.29, 0.717) is 33.5 Å². The second kappa shape index (κ2) is 7.77. The van der Waals surface area contributed by atoms with Gasteiger partial charge in [0.15, 0.2) is 5.82 Å². The molecule has 4 aromatic rings. The number of aryl methyl sites for hydroxylation is 1. The summed E-state index contributed by atoms with van der Waals surface area (Å²) >= 11 is 1.31. The van der Waals surface area contributed by atoms with E-state index in [1.807, 2.05) is 43.3 Å². The third-order valence-electron chi connectivity index (χ3n) is 4.47. The standard InChI is InChI=1S/C20H17N7OS/c1-13-6-8-14(9-7-13)18-24-25-20(27(18)22)29-12-17-23-16-5-3-2-4-15(16)19(28)26(17)11-10-21/h2-9H,11-12,22H2,1H3. The van der Waals surface area contributed by atoms with Gasteiger partial charge in [-0.05, 0) is 19.1 Å². The van der Waals surface area contributed by atoms with Gasteiger partial charge < -0.3 is 5.84 Å². The van der Waals surface area contributed by atoms with E-state index in [4.69, 9.17) is 11.1 Å². The average molecular weight is 403 g/mol. The van der Waals surface area contributed by atoms with Crippen molar-refractivity contribution in [2.24, 2.45) is 0 Å². The maximum Gasteiger partial charge on any atom is 0.262 e. The Labute approximate surface area is 170 Å². The van der Waals surface area contributed by atoms with Gasteiger partial charge in [-0.2, -0.15) is 5.26 Å². The van der Waals surface area contributed by atoms with Crippen molar-refractivity contribution in [3.63, 3.8) is 0 Å². The predicted molar refractivity (Wildman–Crippen MR) is 112 cm³/mol. The number of aromatic nitrogens is 5. The maximum absolute atomic E-state index is 12.7. The molecular weight excluding hydrogens is 386 g/mol. The van der Waals surface area contributed by atoms with Crippen LogP contribution in [0.4, 0.5) is 0 Å². The van der Waals surface area contributed by atoms with Gasteiger partial charge in [-0.25, -0.2) is 9.66 Å². The molecule has 144 valence electrons. The third kappa shape index (κ3) is 3.58. The van der Waals surface area contributed by atoms with Crippen molar-refractivity contribution in [1.82, 2.24) is 24.4 Å². The summed E-state index contributed by atoms with van der Waals surface area (Å²) in [5.74, 6) is 7.54. The highest BCUT2D eigenvalue weighted by Crippen LogP contribution is 2.24. The zero-order valence-corrected chi connectivity index (χ0v) is 16.4. The lowest BCUT2D eigenvalue weighted by molar-refractivity contribution is 0.729. The lowest BCUT2D eigenvalue weighted by atomic mass is 10.1. The fourth-order valence-electron chi connectivity index (χ4n) is 2.96. The Morgan fingerprint density at radius 3 is 2.66 bits per heavy atom. The number of nitrogens with two attached hydrogens (primary N) is 1. The fraction of sp³-hybridized carbons (Fsp3) is 0.150. The van der Waals surface area contributed by atoms with Gasteiger partial charge in [0.1, 0.15) is 12.4 Å². The number of benzene rings is 2. The summed E-state index contributed by atoms with van der Waals surface area (Å²) < 4.78 is 2.80. The molecular formula is C20H17N7OS. The summed E-state index contributed by atoms with van der Waals surface area (Å²) in [6.45, 7) is 1.94. The minimum Gasteiger partial charge on any atom is -0.335 e. The van der Waals surface area contributed by atoms with Crippen LogP contribution in [0, 0.1) is 18.3 Å². The van der Waals surface area contributed by atoms with Crippen LogP contribution in [-0.2, 0) is 12.3 Å². The number of fused-ring (bicyclic) bond motifs is 1. The molecule has 0 radical (unpaired) electrons. The normalized spacial score (nSPS) is 10.9. The van der Waals surface area contributed by atoms with E-state index in [1.54, 1.807) is 18.2 Å². The molecule has 0 aliphatic carbocycles. The minimum atomic E-state index is -0.234. The Balaban J connectivity index is 1.65. The second-order valence-electron chi connectivity index (χ2n) is 6.43. The lowest BCUT2D eigenvalue weighted by Crippen LogP contribution is -2.24. The number of hydrogen-bond acceptors (Lipinski definition) is 7. The number of hydrogen-bond donors (Lipinski definition) is 1. The molecule has 0 fully saturated rings. The Kier molecular flexibility index (Phi) is 5.01. The first-order valence-corrected chi connectivity index (χ1v) is 9.83. The Morgan fingerprint density at radius 1 is 1.14 bits per heavy atom. The van der Waals surface area contributed by atoms with Gasteiger partial charge in [0.2, 0.25) is 5.16 Å². The van der Waals surface area contributed by atoms with E-state index in [-0.39, 0.29) is 12.1 Å². The molecule has 29 heavy (non-hydrogen) atoms. The van der Waals surface area contributed by atoms with E-state index < -0.39 is 0 Å². The van der Waals surface area contributed by atoms with Gasteiger partial charge in [0.25, 0.3) is 5.56 Å². The number of nitrogens with zero attached hydrogens (tertiary/aromatic N) is 6. The zero-order chi connectivity index (χ0) is 20.4. The van der Waals surface area contributed by atoms with Crippen LogP contribution in [0.3, 0.4) is 0 Å². The molecule has 8 nitrogen and oxygen atoms in total. The number of para-hydroxylation sites is 1. The molecule has 0 aliphatic rings. The predicted octanol–water partition coefficient (Wildman–Crippen LogP) is 2.49. The minimum absolute atomic E-state index is 0.0729. The molecule has 0 saturated carbocycles. The van der Waals surface area contributed by atoms with Crippen molar-refractivity contribution in [3.05, 3.63) is 70.3 Å². The summed E-state index contributed by atoms with van der Waals surface area (Å²) in [6.07, 6.45) is 0. The topological polar surface area (TPSA) is 115 Å². The quantitative estimate of drug-likeness (QED) is 0.402. The molecule has 0 amide bonds. The highest BCUT2D eigenvalue weighted by atomic mass is 32.2. The molecule has 4 rings (SSSR count). The molecule has 9 heteroatoms. The van der Waals surface area contributed by atoms with Crippen molar-refractivity contribution in [1.29, 1.82) is 5.26 Å². The van der Waals surface area contributed by atoms with Gasteiger partial charge >= 0.3 is 0 Å². The van der Waals surface area contributed by atoms with E-state index in [1.165, 1.54) is 21.0 Å². The van der Waals surface area contributed by atoms with Crippen LogP contribution in [0.25, 0.3) is 22.3 Å². The average Bonchev–Trinajstić information content (AvgIpc) is 3.10. The van der Waals surface area contributed by atoms with E-state index in [9.17, 15) is 4.79 Å². The number of nitriles is 1. The molecule has 2 aromatic carbocycles. The van der Waals surface area contributed by atoms with E-state index in [2.05, 4.69) is 15.2 Å². The SMILES string of the molecule is Cc1ccc(-c2nnc(SCc3nc4ccccc4c(=O)n3CC#N)n2N)cc1. The van der Waals surface area contributed by atoms with Crippen molar-refractivity contribution < 1.29 is 0 Å². The van der Waals surface area contributed by atoms with E-state index >= 15 is 0 Å². The number of thioether (sulfide) groups is 1. The fourth-order valence-corrected chi connectivity index (χ4v) is 3.76. The Morgan fingerprint density at radius 2 is 1.90 bits per heavy atom. The van der Waals surface area contributed by atoms with Crippen molar-refractivity contribution in [2.75, 3.05) is 5.84 Å². The van der Waals surface area contributed by atoms with Crippen LogP contribution in [0.1, 0.15) is 11.4 Å². The van der Waals surface area contributed by atoms with Gasteiger partial charge in [0, 0.05) is 5.56 Å². The van der Waals surface area contributed by atoms with Crippen LogP contribution in [0.2, 0.25) is 0 Å². The van der Waals surface area contributed by atoms with Gasteiger partial charge in [-0.15, -0.1) is 10.2 Å². The summed E-state index contributed by atoms with van der Waals surface area (Å²) in [5.41, 5.74) is 2.37. The van der Waals surface area contributed by atoms with Gasteiger partial charge in [-0.3, -0.25) is 9.36 Å². The highest BCUT2D eigenvalue weighted by molar-refractivity contribution is 7.98. The summed E-state index contributed by atoms with van der Waals surface area (Å²) in [6, 6.07) is 17.0. The smallest absolute Gasteiger partial charge is 0.262 e. The number of rotatable bonds is 5. The largest absolute Gasteiger partial charge is 0.335 e. The first-order valence-electron chi connectivity index (χ1n) is 8.84. The first kappa shape index (κ1) is 18.7. The summed E-state index contributed by atoms with van der Waals surface area (Å²) in [4.78, 5) is 17.3. The molecule has 0 unspecified atom stereocenters. The van der Waals surface area contributed by atoms with Crippen LogP contribution < -0.4 is 11.4 Å². The zero-order valence-electron chi connectivity index (χ0n) is 15.6. The Bertz CT molecular complexity index is 1290. The van der Waals surface area contributed by atoms with Crippen molar-refractivity contribution >= 4 is 22.7 Å². The maximum atomic E-state index is 12.7. The van der Waals surface area contributed by atoms with Crippen LogP contribution in [-0.4, -0.2) is 24.4 Å². The molecule has 0 saturated heterocycles. The molecule has 0 bridgehead atoms. The van der Waals surface area contributed by atoms with Crippen LogP contribution in [0.5, 0.6) is 0 Å². The molecule has 0 aliphatic heterocycles. The van der Waals surface area contributed by atoms with Crippen molar-refractivity contribution in [2.45, 2.75) is 24.4 Å². The van der Waals surface area contributed by atoms with Gasteiger partial charge in [0.05, 0.1) is 22.7 Å². The molecule has 0 atom stereocenters. The highest BCUT2D eigenvalue weighted by Gasteiger charge is 2.15. The lowest BCUT2D eigenvalue weighted by Gasteiger charge is -2.10. The van der Waals surface area contributed by atoms with E-state index in [0.717, 1.165) is 11.1 Å². The monoisotopic (exact) mass is 403 g/mol. The summed E-state index contributed by atoms with van der Waals surface area (Å²) in [7, 11) is 0. The molecule has 0 spiro atoms. The first-order chi connectivity index (χ1) is 14.1. The second-order valence-corrected chi connectivity index (χ2v) is 7.37. The van der Waals surface area contributed by atoms with Gasteiger partial charge in [-0.1, -0.05) is 53.7 Å². The summed E-state index contributed by atoms with van der Waals surface area (Å²) in [5, 5.41) is 18.4. The number of nitrogen functional groups attached to an aromatic ring is 1. The third-order valence-corrected chi connectivity index (χ3v) is 5.41. The van der Waals surface area contributed by atoms with Crippen LogP contribution >= 0.6 is 11.8 Å². The molecule has 2 aromatic heterocycles. The van der Waals surface area contributed by atoms with Crippen LogP contribution in [0.15, 0.2) is 58.5 Å².